The monoisotopic (exact) mass is 361 g/mol. The third-order valence-corrected chi connectivity index (χ3v) is 6.30. The Morgan fingerprint density at radius 1 is 1.15 bits per heavy atom. The molecule has 4 heteroatoms. The highest BCUT2D eigenvalue weighted by atomic mass is 32.1. The Hall–Kier alpha value is -2.59. The number of furan rings is 1. The molecule has 2 aromatic carbocycles. The fourth-order valence-corrected chi connectivity index (χ4v) is 4.98. The van der Waals surface area contributed by atoms with Crippen LogP contribution in [0.2, 0.25) is 0 Å². The van der Waals surface area contributed by atoms with E-state index in [0.29, 0.717) is 6.42 Å². The number of rotatable bonds is 3. The standard InChI is InChI=1S/C22H19NO2S/c24-21(23-11-3-7-18(23)20-8-4-12-26-20)13-16-14-25-19-10-9-15-5-1-2-6-17(15)22(16)19/h1-2,4-6,8-10,12,14,18H,3,7,11,13H2. The van der Waals surface area contributed by atoms with Crippen molar-refractivity contribution in [2.45, 2.75) is 25.3 Å². The summed E-state index contributed by atoms with van der Waals surface area (Å²) in [7, 11) is 0. The van der Waals surface area contributed by atoms with Crippen LogP contribution >= 0.6 is 11.3 Å². The van der Waals surface area contributed by atoms with Crippen molar-refractivity contribution in [3.63, 3.8) is 0 Å². The first-order chi connectivity index (χ1) is 12.8. The summed E-state index contributed by atoms with van der Waals surface area (Å²) in [4.78, 5) is 16.4. The maximum atomic E-state index is 13.1. The van der Waals surface area contributed by atoms with Gasteiger partial charge in [-0.25, -0.2) is 0 Å². The molecule has 3 nitrogen and oxygen atoms in total. The molecule has 4 aromatic rings. The number of hydrogen-bond donors (Lipinski definition) is 0. The Bertz CT molecular complexity index is 1080. The van der Waals surface area contributed by atoms with Crippen LogP contribution in [-0.2, 0) is 11.2 Å². The van der Waals surface area contributed by atoms with Crippen molar-refractivity contribution in [2.24, 2.45) is 0 Å². The molecule has 26 heavy (non-hydrogen) atoms. The SMILES string of the molecule is O=C(Cc1coc2ccc3ccccc3c12)N1CCCC1c1cccs1. The van der Waals surface area contributed by atoms with E-state index in [2.05, 4.69) is 40.6 Å². The lowest BCUT2D eigenvalue weighted by atomic mass is 10.0. The highest BCUT2D eigenvalue weighted by Crippen LogP contribution is 2.36. The first-order valence-corrected chi connectivity index (χ1v) is 9.90. The lowest BCUT2D eigenvalue weighted by Crippen LogP contribution is -2.31. The van der Waals surface area contributed by atoms with E-state index in [0.717, 1.165) is 41.3 Å². The van der Waals surface area contributed by atoms with Gasteiger partial charge < -0.3 is 9.32 Å². The summed E-state index contributed by atoms with van der Waals surface area (Å²) in [5.41, 5.74) is 1.83. The Labute approximate surface area is 155 Å². The van der Waals surface area contributed by atoms with Crippen LogP contribution in [0.4, 0.5) is 0 Å². The van der Waals surface area contributed by atoms with Crippen LogP contribution in [-0.4, -0.2) is 17.4 Å². The molecule has 1 atom stereocenters. The zero-order valence-corrected chi connectivity index (χ0v) is 15.2. The average Bonchev–Trinajstić information content (AvgIpc) is 3.41. The number of fused-ring (bicyclic) bond motifs is 3. The second-order valence-corrected chi connectivity index (χ2v) is 7.84. The Morgan fingerprint density at radius 2 is 2.08 bits per heavy atom. The number of thiophene rings is 1. The van der Waals surface area contributed by atoms with Crippen molar-refractivity contribution >= 4 is 39.0 Å². The van der Waals surface area contributed by atoms with E-state index in [1.807, 2.05) is 18.2 Å². The van der Waals surface area contributed by atoms with Crippen molar-refractivity contribution < 1.29 is 9.21 Å². The number of carbonyl (C=O) groups excluding carboxylic acids is 1. The molecule has 0 spiro atoms. The molecule has 0 bridgehead atoms. The smallest absolute Gasteiger partial charge is 0.227 e. The van der Waals surface area contributed by atoms with E-state index >= 15 is 0 Å². The maximum Gasteiger partial charge on any atom is 0.227 e. The normalized spacial score (nSPS) is 17.4. The predicted octanol–water partition coefficient (Wildman–Crippen LogP) is 5.55. The molecule has 0 N–H and O–H groups in total. The Kier molecular flexibility index (Phi) is 3.79. The molecule has 1 amide bonds. The van der Waals surface area contributed by atoms with E-state index in [1.165, 1.54) is 10.3 Å². The molecule has 130 valence electrons. The van der Waals surface area contributed by atoms with Gasteiger partial charge in [0.2, 0.25) is 5.91 Å². The number of amides is 1. The largest absolute Gasteiger partial charge is 0.464 e. The third-order valence-electron chi connectivity index (χ3n) is 5.33. The van der Waals surface area contributed by atoms with Crippen LogP contribution in [0.3, 0.4) is 0 Å². The van der Waals surface area contributed by atoms with E-state index in [9.17, 15) is 4.79 Å². The summed E-state index contributed by atoms with van der Waals surface area (Å²) in [6.07, 6.45) is 4.28. The number of benzene rings is 2. The van der Waals surface area contributed by atoms with E-state index in [1.54, 1.807) is 17.6 Å². The highest BCUT2D eigenvalue weighted by molar-refractivity contribution is 7.10. The molecule has 2 aromatic heterocycles. The number of carbonyl (C=O) groups is 1. The summed E-state index contributed by atoms with van der Waals surface area (Å²) < 4.78 is 5.75. The van der Waals surface area contributed by atoms with Crippen molar-refractivity contribution in [3.8, 4) is 0 Å². The molecule has 0 aliphatic carbocycles. The number of nitrogens with zero attached hydrogens (tertiary/aromatic N) is 1. The number of hydrogen-bond acceptors (Lipinski definition) is 3. The van der Waals surface area contributed by atoms with Crippen molar-refractivity contribution in [1.29, 1.82) is 0 Å². The van der Waals surface area contributed by atoms with Gasteiger partial charge in [-0.3, -0.25) is 4.79 Å². The zero-order valence-electron chi connectivity index (χ0n) is 14.4. The lowest BCUT2D eigenvalue weighted by Gasteiger charge is -2.23. The van der Waals surface area contributed by atoms with Crippen molar-refractivity contribution in [3.05, 3.63) is 70.6 Å². The molecule has 1 aliphatic heterocycles. The zero-order chi connectivity index (χ0) is 17.5. The van der Waals surface area contributed by atoms with E-state index in [-0.39, 0.29) is 11.9 Å². The fraction of sp³-hybridized carbons (Fsp3) is 0.227. The van der Waals surface area contributed by atoms with Crippen LogP contribution in [0.5, 0.6) is 0 Å². The average molecular weight is 361 g/mol. The summed E-state index contributed by atoms with van der Waals surface area (Å²) in [6, 6.07) is 16.8. The third kappa shape index (κ3) is 2.53. The first kappa shape index (κ1) is 15.6. The van der Waals surface area contributed by atoms with Crippen LogP contribution in [0.25, 0.3) is 21.7 Å². The molecule has 0 radical (unpaired) electrons. The van der Waals surface area contributed by atoms with Gasteiger partial charge in [0.15, 0.2) is 0 Å². The molecule has 1 saturated heterocycles. The highest BCUT2D eigenvalue weighted by Gasteiger charge is 2.31. The molecule has 3 heterocycles. The van der Waals surface area contributed by atoms with Gasteiger partial charge in [0.1, 0.15) is 5.58 Å². The predicted molar refractivity (Wildman–Crippen MR) is 105 cm³/mol. The maximum absolute atomic E-state index is 13.1. The lowest BCUT2D eigenvalue weighted by molar-refractivity contribution is -0.131. The van der Waals surface area contributed by atoms with Gasteiger partial charge in [0, 0.05) is 22.4 Å². The van der Waals surface area contributed by atoms with Gasteiger partial charge in [0.05, 0.1) is 18.7 Å². The van der Waals surface area contributed by atoms with E-state index in [4.69, 9.17) is 4.42 Å². The Balaban J connectivity index is 1.49. The van der Waals surface area contributed by atoms with Crippen LogP contribution < -0.4 is 0 Å². The molecule has 1 aliphatic rings. The minimum atomic E-state index is 0.191. The minimum Gasteiger partial charge on any atom is -0.464 e. The van der Waals surface area contributed by atoms with Gasteiger partial charge >= 0.3 is 0 Å². The molecule has 0 saturated carbocycles. The van der Waals surface area contributed by atoms with Crippen molar-refractivity contribution in [1.82, 2.24) is 4.90 Å². The van der Waals surface area contributed by atoms with Crippen molar-refractivity contribution in [2.75, 3.05) is 6.54 Å². The second kappa shape index (κ2) is 6.29. The number of likely N-dealkylation sites (tertiary alicyclic amines) is 1. The summed E-state index contributed by atoms with van der Waals surface area (Å²) in [5, 5.41) is 5.49. The molecular weight excluding hydrogens is 342 g/mol. The summed E-state index contributed by atoms with van der Waals surface area (Å²) in [6.45, 7) is 0.845. The molecule has 1 fully saturated rings. The molecule has 5 rings (SSSR count). The van der Waals surface area contributed by atoms with E-state index < -0.39 is 0 Å². The molecular formula is C22H19NO2S. The fourth-order valence-electron chi connectivity index (χ4n) is 4.11. The van der Waals surface area contributed by atoms with Gasteiger partial charge in [-0.2, -0.15) is 0 Å². The van der Waals surface area contributed by atoms with Gasteiger partial charge in [-0.1, -0.05) is 36.4 Å². The van der Waals surface area contributed by atoms with Crippen LogP contribution in [0.15, 0.2) is 64.6 Å². The quantitative estimate of drug-likeness (QED) is 0.479. The minimum absolute atomic E-state index is 0.191. The van der Waals surface area contributed by atoms with Gasteiger partial charge in [0.25, 0.3) is 0 Å². The van der Waals surface area contributed by atoms with Crippen LogP contribution in [0.1, 0.15) is 29.3 Å². The van der Waals surface area contributed by atoms with Gasteiger partial charge in [-0.15, -0.1) is 11.3 Å². The Morgan fingerprint density at radius 3 is 2.96 bits per heavy atom. The van der Waals surface area contributed by atoms with Gasteiger partial charge in [-0.05, 0) is 41.1 Å². The first-order valence-electron chi connectivity index (χ1n) is 9.02. The van der Waals surface area contributed by atoms with Crippen LogP contribution in [0, 0.1) is 0 Å². The molecule has 1 unspecified atom stereocenters. The topological polar surface area (TPSA) is 33.5 Å². The summed E-state index contributed by atoms with van der Waals surface area (Å²) in [5.74, 6) is 0.191. The second-order valence-electron chi connectivity index (χ2n) is 6.86. The summed E-state index contributed by atoms with van der Waals surface area (Å²) >= 11 is 1.74.